The zero-order valence-electron chi connectivity index (χ0n) is 24.6. The van der Waals surface area contributed by atoms with Crippen LogP contribution < -0.4 is 9.64 Å². The van der Waals surface area contributed by atoms with Crippen molar-refractivity contribution in [1.29, 1.82) is 0 Å². The maximum absolute atomic E-state index is 14.5. The number of nitrogens with zero attached hydrogens (tertiary/aromatic N) is 3. The normalized spacial score (nSPS) is 29.2. The highest BCUT2D eigenvalue weighted by Gasteiger charge is 2.76. The summed E-state index contributed by atoms with van der Waals surface area (Å²) in [5.74, 6) is -1.21. The molecule has 2 bridgehead atoms. The number of aliphatic hydroxyl groups excluding tert-OH is 1. The quantitative estimate of drug-likeness (QED) is 0.285. The van der Waals surface area contributed by atoms with Gasteiger partial charge in [0.05, 0.1) is 35.8 Å². The highest BCUT2D eigenvalue weighted by Crippen LogP contribution is 2.68. The van der Waals surface area contributed by atoms with Crippen molar-refractivity contribution in [1.82, 2.24) is 9.80 Å². The fourth-order valence-corrected chi connectivity index (χ4v) is 10.3. The molecule has 0 radical (unpaired) electrons. The molecule has 3 unspecified atom stereocenters. The Morgan fingerprint density at radius 2 is 1.85 bits per heavy atom. The van der Waals surface area contributed by atoms with Crippen molar-refractivity contribution in [3.05, 3.63) is 49.6 Å². The van der Waals surface area contributed by atoms with Crippen LogP contribution in [-0.4, -0.2) is 91.4 Å². The standard InChI is InChI=1S/C31H42BrN3O5S/c1-8-15-33(20-11-13-21(14-12-20)40-10-3)27(37)23-24-28(38)35(19(4)18-36)26(31(24)17-22(32)25(23)41-31)29(39)34(16-9-2)30(5,6)7/h8-9,11-14,19,22-26,36H,1-2,10,15-18H2,3-7H3/t19-,22?,23-,24+,25-,26?,31?/m1/s1. The van der Waals surface area contributed by atoms with Gasteiger partial charge >= 0.3 is 0 Å². The molecule has 7 atom stereocenters. The summed E-state index contributed by atoms with van der Waals surface area (Å²) in [4.78, 5) is 48.2. The molecule has 0 aromatic heterocycles. The lowest BCUT2D eigenvalue weighted by Crippen LogP contribution is -2.60. The van der Waals surface area contributed by atoms with Gasteiger partial charge in [-0.05, 0) is 65.3 Å². The zero-order chi connectivity index (χ0) is 30.3. The number of aliphatic hydroxyl groups is 1. The molecule has 1 spiro atoms. The number of amides is 3. The molecular weight excluding hydrogens is 606 g/mol. The van der Waals surface area contributed by atoms with E-state index in [9.17, 15) is 19.5 Å². The Hall–Kier alpha value is -2.30. The lowest BCUT2D eigenvalue weighted by atomic mass is 9.70. The fourth-order valence-electron chi connectivity index (χ4n) is 6.68. The van der Waals surface area contributed by atoms with Crippen LogP contribution in [0.5, 0.6) is 5.75 Å². The van der Waals surface area contributed by atoms with Crippen LogP contribution >= 0.6 is 27.7 Å². The lowest BCUT2D eigenvalue weighted by Gasteiger charge is -2.43. The van der Waals surface area contributed by atoms with Crippen molar-refractivity contribution in [3.63, 3.8) is 0 Å². The number of carbonyl (C=O) groups excluding carboxylic acids is 3. The average Bonchev–Trinajstić information content (AvgIpc) is 3.52. The maximum Gasteiger partial charge on any atom is 0.247 e. The number of hydrogen-bond acceptors (Lipinski definition) is 6. The summed E-state index contributed by atoms with van der Waals surface area (Å²) in [6, 6.07) is 5.94. The molecule has 3 heterocycles. The number of rotatable bonds is 11. The van der Waals surface area contributed by atoms with Crippen LogP contribution in [0, 0.1) is 11.8 Å². The summed E-state index contributed by atoms with van der Waals surface area (Å²) in [6.07, 6.45) is 3.94. The van der Waals surface area contributed by atoms with E-state index < -0.39 is 34.2 Å². The molecule has 0 saturated carbocycles. The third-order valence-electron chi connectivity index (χ3n) is 8.41. The second-order valence-corrected chi connectivity index (χ2v) is 14.7. The van der Waals surface area contributed by atoms with Crippen LogP contribution in [-0.2, 0) is 14.4 Å². The molecule has 1 N–H and O–H groups in total. The van der Waals surface area contributed by atoms with Gasteiger partial charge in [-0.3, -0.25) is 14.4 Å². The van der Waals surface area contributed by atoms with Gasteiger partial charge in [0.2, 0.25) is 17.7 Å². The van der Waals surface area contributed by atoms with Crippen molar-refractivity contribution < 1.29 is 24.2 Å². The first kappa shape index (κ1) is 31.6. The predicted molar refractivity (Wildman–Crippen MR) is 167 cm³/mol. The molecule has 1 aromatic carbocycles. The molecule has 0 aliphatic carbocycles. The lowest BCUT2D eigenvalue weighted by molar-refractivity contribution is -0.147. The summed E-state index contributed by atoms with van der Waals surface area (Å²) in [7, 11) is 0. The first-order chi connectivity index (χ1) is 19.4. The van der Waals surface area contributed by atoms with Gasteiger partial charge in [0.25, 0.3) is 0 Å². The first-order valence-corrected chi connectivity index (χ1v) is 16.0. The van der Waals surface area contributed by atoms with Crippen molar-refractivity contribution in [2.24, 2.45) is 11.8 Å². The Bertz CT molecular complexity index is 1190. The van der Waals surface area contributed by atoms with Crippen molar-refractivity contribution in [3.8, 4) is 5.75 Å². The van der Waals surface area contributed by atoms with E-state index in [1.165, 1.54) is 0 Å². The summed E-state index contributed by atoms with van der Waals surface area (Å²) < 4.78 is 4.77. The van der Waals surface area contributed by atoms with Crippen LogP contribution in [0.15, 0.2) is 49.6 Å². The zero-order valence-corrected chi connectivity index (χ0v) is 27.0. The third kappa shape index (κ3) is 5.36. The number of ether oxygens (including phenoxy) is 1. The minimum atomic E-state index is -0.812. The highest BCUT2D eigenvalue weighted by atomic mass is 79.9. The SMILES string of the molecule is C=CCN(C(=O)[C@H]1[C@@H]2SC3(CC2Br)C(C(=O)N(CC=C)C(C)(C)C)N([C@H](C)CO)C(=O)[C@H]13)c1ccc(OCC)cc1. The number of benzene rings is 1. The van der Waals surface area contributed by atoms with E-state index >= 15 is 0 Å². The van der Waals surface area contributed by atoms with Gasteiger partial charge in [0, 0.05) is 34.4 Å². The van der Waals surface area contributed by atoms with Crippen LogP contribution in [0.1, 0.15) is 41.0 Å². The molecule has 10 heteroatoms. The van der Waals surface area contributed by atoms with E-state index in [1.54, 1.807) is 45.5 Å². The van der Waals surface area contributed by atoms with Gasteiger partial charge in [-0.15, -0.1) is 24.9 Å². The van der Waals surface area contributed by atoms with Crippen LogP contribution in [0.25, 0.3) is 0 Å². The number of halogens is 1. The van der Waals surface area contributed by atoms with Gasteiger partial charge in [0.1, 0.15) is 11.8 Å². The highest BCUT2D eigenvalue weighted by molar-refractivity contribution is 9.09. The Balaban J connectivity index is 1.79. The minimum Gasteiger partial charge on any atom is -0.494 e. The number of carbonyl (C=O) groups is 3. The largest absolute Gasteiger partial charge is 0.494 e. The molecule has 1 aromatic rings. The van der Waals surface area contributed by atoms with Gasteiger partial charge in [-0.2, -0.15) is 0 Å². The van der Waals surface area contributed by atoms with Gasteiger partial charge < -0.3 is 24.5 Å². The summed E-state index contributed by atoms with van der Waals surface area (Å²) in [6.45, 7) is 18.1. The van der Waals surface area contributed by atoms with Crippen LogP contribution in [0.3, 0.4) is 0 Å². The van der Waals surface area contributed by atoms with E-state index in [4.69, 9.17) is 4.74 Å². The number of hydrogen-bond donors (Lipinski definition) is 1. The number of alkyl halides is 1. The molecule has 3 aliphatic heterocycles. The fraction of sp³-hybridized carbons (Fsp3) is 0.581. The summed E-state index contributed by atoms with van der Waals surface area (Å²) in [5.41, 5.74) is 0.172. The van der Waals surface area contributed by atoms with Crippen molar-refractivity contribution in [2.75, 3.05) is 31.2 Å². The van der Waals surface area contributed by atoms with Gasteiger partial charge in [-0.25, -0.2) is 0 Å². The number of anilines is 1. The predicted octanol–water partition coefficient (Wildman–Crippen LogP) is 4.26. The summed E-state index contributed by atoms with van der Waals surface area (Å²) >= 11 is 5.43. The molecule has 224 valence electrons. The average molecular weight is 649 g/mol. The van der Waals surface area contributed by atoms with Gasteiger partial charge in [-0.1, -0.05) is 28.1 Å². The van der Waals surface area contributed by atoms with Crippen LogP contribution in [0.2, 0.25) is 0 Å². The molecule has 3 aliphatic rings. The van der Waals surface area contributed by atoms with E-state index in [1.807, 2.05) is 52.0 Å². The minimum absolute atomic E-state index is 0.0569. The van der Waals surface area contributed by atoms with Gasteiger partial charge in [0.15, 0.2) is 0 Å². The first-order valence-electron chi connectivity index (χ1n) is 14.2. The second kappa shape index (κ2) is 12.1. The maximum atomic E-state index is 14.5. The Morgan fingerprint density at radius 3 is 2.39 bits per heavy atom. The van der Waals surface area contributed by atoms with E-state index in [0.717, 1.165) is 0 Å². The van der Waals surface area contributed by atoms with E-state index in [2.05, 4.69) is 29.1 Å². The topological polar surface area (TPSA) is 90.4 Å². The molecule has 4 rings (SSSR count). The van der Waals surface area contributed by atoms with Crippen LogP contribution in [0.4, 0.5) is 5.69 Å². The molecule has 3 amide bonds. The van der Waals surface area contributed by atoms with E-state index in [0.29, 0.717) is 31.0 Å². The Kier molecular flexibility index (Phi) is 9.36. The smallest absolute Gasteiger partial charge is 0.247 e. The molecule has 8 nitrogen and oxygen atoms in total. The summed E-state index contributed by atoms with van der Waals surface area (Å²) in [5, 5.41) is 10.0. The number of thioether (sulfide) groups is 1. The number of fused-ring (bicyclic) bond motifs is 1. The van der Waals surface area contributed by atoms with Crippen molar-refractivity contribution >= 4 is 51.1 Å². The third-order valence-corrected chi connectivity index (χ3v) is 11.6. The molecule has 3 saturated heterocycles. The molecule has 3 fully saturated rings. The molecule has 41 heavy (non-hydrogen) atoms. The molecular formula is C31H42BrN3O5S. The van der Waals surface area contributed by atoms with E-state index in [-0.39, 0.29) is 41.0 Å². The monoisotopic (exact) mass is 647 g/mol. The Morgan fingerprint density at radius 1 is 1.22 bits per heavy atom. The Labute approximate surface area is 256 Å². The second-order valence-electron chi connectivity index (χ2n) is 12.0. The van der Waals surface area contributed by atoms with Crippen molar-refractivity contribution in [2.45, 2.75) is 73.5 Å². The number of likely N-dealkylation sites (tertiary alicyclic amines) is 1.